The van der Waals surface area contributed by atoms with Crippen LogP contribution in [0.1, 0.15) is 12.8 Å². The molecule has 2 amide bonds. The van der Waals surface area contributed by atoms with Gasteiger partial charge in [-0.05, 0) is 31.0 Å². The van der Waals surface area contributed by atoms with Gasteiger partial charge in [0.15, 0.2) is 0 Å². The highest BCUT2D eigenvalue weighted by Gasteiger charge is 2.47. The second kappa shape index (κ2) is 5.71. The third-order valence-electron chi connectivity index (χ3n) is 3.15. The summed E-state index contributed by atoms with van der Waals surface area (Å²) in [4.78, 5) is 23.7. The van der Waals surface area contributed by atoms with Crippen LogP contribution in [0.4, 0.5) is 23.2 Å². The molecule has 1 aliphatic heterocycles. The maximum atomic E-state index is 13.0. The number of alkyl halides is 3. The normalized spacial score (nSPS) is 18.7. The molecule has 0 bridgehead atoms. The number of hydrogen-bond acceptors (Lipinski definition) is 2. The quantitative estimate of drug-likeness (QED) is 0.853. The van der Waals surface area contributed by atoms with Crippen LogP contribution in [0.25, 0.3) is 0 Å². The van der Waals surface area contributed by atoms with Crippen LogP contribution in [0, 0.1) is 5.82 Å². The Morgan fingerprint density at radius 2 is 2.00 bits per heavy atom. The van der Waals surface area contributed by atoms with Gasteiger partial charge in [0.05, 0.1) is 0 Å². The molecule has 0 spiro atoms. The molecule has 21 heavy (non-hydrogen) atoms. The summed E-state index contributed by atoms with van der Waals surface area (Å²) in [5.41, 5.74) is 0.131. The number of nitrogens with zero attached hydrogens (tertiary/aromatic N) is 1. The Labute approximate surface area is 117 Å². The molecule has 1 saturated heterocycles. The molecule has 1 aromatic rings. The largest absolute Gasteiger partial charge is 0.471 e. The molecule has 0 aromatic heterocycles. The van der Waals surface area contributed by atoms with E-state index in [0.717, 1.165) is 6.07 Å². The molecule has 0 saturated carbocycles. The summed E-state index contributed by atoms with van der Waals surface area (Å²) in [6.45, 7) is -0.125. The summed E-state index contributed by atoms with van der Waals surface area (Å²) in [5, 5.41) is 2.32. The molecular formula is C13H12F4N2O2. The lowest BCUT2D eigenvalue weighted by atomic mass is 10.2. The van der Waals surface area contributed by atoms with E-state index in [-0.39, 0.29) is 18.7 Å². The molecule has 1 unspecified atom stereocenters. The third-order valence-corrected chi connectivity index (χ3v) is 3.15. The summed E-state index contributed by atoms with van der Waals surface area (Å²) in [6.07, 6.45) is -4.56. The lowest BCUT2D eigenvalue weighted by molar-refractivity contribution is -0.186. The average molecular weight is 304 g/mol. The number of benzene rings is 1. The van der Waals surface area contributed by atoms with Crippen LogP contribution < -0.4 is 5.32 Å². The summed E-state index contributed by atoms with van der Waals surface area (Å²) >= 11 is 0. The van der Waals surface area contributed by atoms with Crippen LogP contribution in [-0.4, -0.2) is 35.5 Å². The number of anilines is 1. The van der Waals surface area contributed by atoms with E-state index in [4.69, 9.17) is 0 Å². The average Bonchev–Trinajstić information content (AvgIpc) is 2.85. The predicted molar refractivity (Wildman–Crippen MR) is 65.8 cm³/mol. The highest BCUT2D eigenvalue weighted by Crippen LogP contribution is 2.26. The van der Waals surface area contributed by atoms with Crippen molar-refractivity contribution in [2.24, 2.45) is 0 Å². The Morgan fingerprint density at radius 1 is 1.29 bits per heavy atom. The fraction of sp³-hybridized carbons (Fsp3) is 0.385. The molecule has 0 aliphatic carbocycles. The maximum Gasteiger partial charge on any atom is 0.471 e. The summed E-state index contributed by atoms with van der Waals surface area (Å²) < 4.78 is 50.3. The van der Waals surface area contributed by atoms with E-state index in [1.165, 1.54) is 18.2 Å². The number of nitrogens with one attached hydrogen (secondary N) is 1. The fourth-order valence-electron chi connectivity index (χ4n) is 2.24. The minimum Gasteiger partial charge on any atom is -0.324 e. The number of amides is 2. The van der Waals surface area contributed by atoms with Crippen LogP contribution in [0.5, 0.6) is 0 Å². The first kappa shape index (κ1) is 15.3. The molecule has 1 atom stereocenters. The van der Waals surface area contributed by atoms with Crippen molar-refractivity contribution in [1.29, 1.82) is 0 Å². The van der Waals surface area contributed by atoms with Crippen molar-refractivity contribution in [2.75, 3.05) is 11.9 Å². The van der Waals surface area contributed by atoms with Gasteiger partial charge in [-0.25, -0.2) is 4.39 Å². The summed E-state index contributed by atoms with van der Waals surface area (Å²) in [7, 11) is 0. The molecule has 1 heterocycles. The van der Waals surface area contributed by atoms with E-state index in [9.17, 15) is 27.2 Å². The van der Waals surface area contributed by atoms with Crippen LogP contribution in [-0.2, 0) is 9.59 Å². The zero-order chi connectivity index (χ0) is 15.6. The molecule has 114 valence electrons. The van der Waals surface area contributed by atoms with E-state index in [1.807, 2.05) is 0 Å². The number of halogens is 4. The van der Waals surface area contributed by atoms with Gasteiger partial charge in [-0.1, -0.05) is 6.07 Å². The molecule has 0 radical (unpaired) electrons. The van der Waals surface area contributed by atoms with E-state index in [2.05, 4.69) is 5.32 Å². The highest BCUT2D eigenvalue weighted by molar-refractivity contribution is 5.98. The molecule has 8 heteroatoms. The number of hydrogen-bond donors (Lipinski definition) is 1. The lowest BCUT2D eigenvalue weighted by Gasteiger charge is -2.24. The van der Waals surface area contributed by atoms with Gasteiger partial charge >= 0.3 is 12.1 Å². The molecule has 4 nitrogen and oxygen atoms in total. The van der Waals surface area contributed by atoms with E-state index in [1.54, 1.807) is 0 Å². The Bertz CT molecular complexity index is 559. The van der Waals surface area contributed by atoms with Crippen molar-refractivity contribution in [3.05, 3.63) is 30.1 Å². The second-order valence-electron chi connectivity index (χ2n) is 4.65. The Kier molecular flexibility index (Phi) is 4.15. The zero-order valence-electron chi connectivity index (χ0n) is 10.8. The maximum absolute atomic E-state index is 13.0. The van der Waals surface area contributed by atoms with Crippen molar-refractivity contribution in [3.63, 3.8) is 0 Å². The van der Waals surface area contributed by atoms with Crippen molar-refractivity contribution in [1.82, 2.24) is 4.90 Å². The van der Waals surface area contributed by atoms with Gasteiger partial charge in [-0.3, -0.25) is 9.59 Å². The van der Waals surface area contributed by atoms with Gasteiger partial charge in [0, 0.05) is 12.2 Å². The fourth-order valence-corrected chi connectivity index (χ4v) is 2.24. The monoisotopic (exact) mass is 304 g/mol. The molecule has 1 N–H and O–H groups in total. The van der Waals surface area contributed by atoms with Crippen molar-refractivity contribution < 1.29 is 27.2 Å². The second-order valence-corrected chi connectivity index (χ2v) is 4.65. The Hall–Kier alpha value is -2.12. The first-order chi connectivity index (χ1) is 9.79. The minimum atomic E-state index is -5.01. The summed E-state index contributed by atoms with van der Waals surface area (Å²) in [6, 6.07) is 3.79. The topological polar surface area (TPSA) is 49.4 Å². The Morgan fingerprint density at radius 3 is 2.62 bits per heavy atom. The number of carbonyl (C=O) groups is 2. The number of rotatable bonds is 2. The van der Waals surface area contributed by atoms with Gasteiger partial charge in [0.1, 0.15) is 11.9 Å². The van der Waals surface area contributed by atoms with Gasteiger partial charge in [-0.2, -0.15) is 13.2 Å². The van der Waals surface area contributed by atoms with Gasteiger partial charge in [0.25, 0.3) is 0 Å². The van der Waals surface area contributed by atoms with Gasteiger partial charge in [0.2, 0.25) is 5.91 Å². The molecular weight excluding hydrogens is 292 g/mol. The van der Waals surface area contributed by atoms with Crippen LogP contribution >= 0.6 is 0 Å². The molecule has 2 rings (SSSR count). The van der Waals surface area contributed by atoms with Crippen molar-refractivity contribution in [3.8, 4) is 0 Å². The van der Waals surface area contributed by atoms with Crippen LogP contribution in [0.2, 0.25) is 0 Å². The SMILES string of the molecule is O=C(Nc1cccc(F)c1)C1CCCN1C(=O)C(F)(F)F. The van der Waals surface area contributed by atoms with Crippen molar-refractivity contribution >= 4 is 17.5 Å². The van der Waals surface area contributed by atoms with Gasteiger partial charge < -0.3 is 10.2 Å². The van der Waals surface area contributed by atoms with Gasteiger partial charge in [-0.15, -0.1) is 0 Å². The predicted octanol–water partition coefficient (Wildman–Crippen LogP) is 2.32. The summed E-state index contributed by atoms with van der Waals surface area (Å²) in [5.74, 6) is -3.36. The highest BCUT2D eigenvalue weighted by atomic mass is 19.4. The van der Waals surface area contributed by atoms with Crippen molar-refractivity contribution in [2.45, 2.75) is 25.1 Å². The first-order valence-corrected chi connectivity index (χ1v) is 6.23. The van der Waals surface area contributed by atoms with Crippen LogP contribution in [0.15, 0.2) is 24.3 Å². The smallest absolute Gasteiger partial charge is 0.324 e. The van der Waals surface area contributed by atoms with E-state index < -0.39 is 29.8 Å². The lowest BCUT2D eigenvalue weighted by Crippen LogP contribution is -2.48. The molecule has 1 aromatic carbocycles. The number of carbonyl (C=O) groups excluding carboxylic acids is 2. The Balaban J connectivity index is 2.09. The minimum absolute atomic E-state index is 0.125. The van der Waals surface area contributed by atoms with Crippen LogP contribution in [0.3, 0.4) is 0 Å². The zero-order valence-corrected chi connectivity index (χ0v) is 10.8. The molecule has 1 aliphatic rings. The first-order valence-electron chi connectivity index (χ1n) is 6.23. The molecule has 1 fully saturated rings. The van der Waals surface area contributed by atoms with E-state index in [0.29, 0.717) is 11.3 Å². The third kappa shape index (κ3) is 3.50. The number of likely N-dealkylation sites (tertiary alicyclic amines) is 1. The van der Waals surface area contributed by atoms with E-state index >= 15 is 0 Å². The standard InChI is InChI=1S/C13H12F4N2O2/c14-8-3-1-4-9(7-8)18-11(20)10-5-2-6-19(10)12(21)13(15,16)17/h1,3-4,7,10H,2,5-6H2,(H,18,20).